The van der Waals surface area contributed by atoms with E-state index in [0.717, 1.165) is 62.2 Å². The van der Waals surface area contributed by atoms with Gasteiger partial charge in [0.05, 0.1) is 6.42 Å². The fraction of sp³-hybridized carbons (Fsp3) is 0.900. The summed E-state index contributed by atoms with van der Waals surface area (Å²) in [6.45, 7) is 7.49. The first-order valence-electron chi connectivity index (χ1n) is 14.9. The van der Waals surface area contributed by atoms with Crippen LogP contribution in [0.3, 0.4) is 0 Å². The second-order valence-corrected chi connectivity index (χ2v) is 13.5. The molecule has 4 fully saturated rings. The molecule has 4 saturated carbocycles. The van der Waals surface area contributed by atoms with Crippen LogP contribution in [0.5, 0.6) is 0 Å². The zero-order valence-corrected chi connectivity index (χ0v) is 23.1. The molecular formula is C30H49NO6. The molecule has 4 N–H and O–H groups in total. The average molecular weight is 520 g/mol. The number of hydrogen-bond acceptors (Lipinski definition) is 5. The van der Waals surface area contributed by atoms with Gasteiger partial charge in [-0.1, -0.05) is 33.6 Å². The van der Waals surface area contributed by atoms with E-state index in [4.69, 9.17) is 20.7 Å². The van der Waals surface area contributed by atoms with Gasteiger partial charge in [-0.15, -0.1) is 0 Å². The highest BCUT2D eigenvalue weighted by molar-refractivity contribution is 5.81. The quantitative estimate of drug-likeness (QED) is 0.252. The molecule has 0 spiro atoms. The molecule has 10 atom stereocenters. The molecule has 0 saturated heterocycles. The van der Waals surface area contributed by atoms with Crippen molar-refractivity contribution in [3.05, 3.63) is 0 Å². The summed E-state index contributed by atoms with van der Waals surface area (Å²) < 4.78 is 5.70. The molecule has 7 nitrogen and oxygen atoms in total. The lowest BCUT2D eigenvalue weighted by molar-refractivity contribution is -0.165. The molecule has 0 aromatic heterocycles. The van der Waals surface area contributed by atoms with Gasteiger partial charge in [-0.25, -0.2) is 0 Å². The van der Waals surface area contributed by atoms with Gasteiger partial charge in [-0.05, 0) is 111 Å². The third kappa shape index (κ3) is 5.72. The first-order chi connectivity index (χ1) is 17.5. The molecule has 0 amide bonds. The van der Waals surface area contributed by atoms with Crippen LogP contribution in [0.1, 0.15) is 111 Å². The minimum absolute atomic E-state index is 0.145. The van der Waals surface area contributed by atoms with E-state index in [9.17, 15) is 14.4 Å². The van der Waals surface area contributed by atoms with Gasteiger partial charge < -0.3 is 20.7 Å². The maximum atomic E-state index is 12.3. The minimum atomic E-state index is -1.09. The second-order valence-electron chi connectivity index (χ2n) is 13.5. The van der Waals surface area contributed by atoms with Crippen LogP contribution in [0.2, 0.25) is 0 Å². The number of fused-ring (bicyclic) bond motifs is 5. The summed E-state index contributed by atoms with van der Waals surface area (Å²) in [7, 11) is 0. The number of esters is 1. The van der Waals surface area contributed by atoms with Gasteiger partial charge in [0.2, 0.25) is 0 Å². The van der Waals surface area contributed by atoms with E-state index in [1.54, 1.807) is 0 Å². The molecule has 37 heavy (non-hydrogen) atoms. The van der Waals surface area contributed by atoms with E-state index in [1.165, 1.54) is 38.5 Å². The van der Waals surface area contributed by atoms with Crippen LogP contribution in [0, 0.1) is 46.3 Å². The van der Waals surface area contributed by atoms with Gasteiger partial charge in [-0.3, -0.25) is 14.4 Å². The number of rotatable bonds is 10. The van der Waals surface area contributed by atoms with E-state index < -0.39 is 30.4 Å². The maximum Gasteiger partial charge on any atom is 0.323 e. The topological polar surface area (TPSA) is 127 Å². The van der Waals surface area contributed by atoms with Gasteiger partial charge in [0.25, 0.3) is 0 Å². The highest BCUT2D eigenvalue weighted by Gasteiger charge is 2.60. The van der Waals surface area contributed by atoms with Crippen LogP contribution in [0.15, 0.2) is 0 Å². The lowest BCUT2D eigenvalue weighted by Crippen LogP contribution is -2.54. The zero-order chi connectivity index (χ0) is 27.0. The number of carbonyl (C=O) groups is 3. The van der Waals surface area contributed by atoms with Crippen molar-refractivity contribution in [3.8, 4) is 0 Å². The molecule has 4 rings (SSSR count). The number of aliphatic carboxylic acids is 2. The lowest BCUT2D eigenvalue weighted by Gasteiger charge is -2.61. The Balaban J connectivity index is 1.36. The fourth-order valence-corrected chi connectivity index (χ4v) is 9.77. The Labute approximate surface area is 222 Å². The van der Waals surface area contributed by atoms with Crippen molar-refractivity contribution < 1.29 is 29.3 Å². The van der Waals surface area contributed by atoms with Crippen molar-refractivity contribution in [1.82, 2.24) is 0 Å². The monoisotopic (exact) mass is 519 g/mol. The van der Waals surface area contributed by atoms with Crippen molar-refractivity contribution in [2.75, 3.05) is 0 Å². The predicted octanol–water partition coefficient (Wildman–Crippen LogP) is 5.64. The van der Waals surface area contributed by atoms with Gasteiger partial charge in [0, 0.05) is 6.42 Å². The van der Waals surface area contributed by atoms with Gasteiger partial charge in [-0.2, -0.15) is 0 Å². The third-order valence-corrected chi connectivity index (χ3v) is 11.7. The highest BCUT2D eigenvalue weighted by atomic mass is 16.5. The maximum absolute atomic E-state index is 12.3. The summed E-state index contributed by atoms with van der Waals surface area (Å²) in [5.41, 5.74) is 6.44. The summed E-state index contributed by atoms with van der Waals surface area (Å²) in [5, 5.41) is 17.9. The predicted molar refractivity (Wildman–Crippen MR) is 141 cm³/mol. The molecular weight excluding hydrogens is 470 g/mol. The zero-order valence-electron chi connectivity index (χ0n) is 23.1. The highest BCUT2D eigenvalue weighted by Crippen LogP contribution is 2.68. The fourth-order valence-electron chi connectivity index (χ4n) is 9.77. The lowest BCUT2D eigenvalue weighted by atomic mass is 9.44. The number of nitrogens with two attached hydrogens (primary N) is 1. The van der Waals surface area contributed by atoms with Crippen LogP contribution in [-0.4, -0.2) is 40.3 Å². The average Bonchev–Trinajstić information content (AvgIpc) is 3.18. The number of unbranched alkanes of at least 4 members (excludes halogenated alkanes) is 1. The van der Waals surface area contributed by atoms with E-state index >= 15 is 0 Å². The van der Waals surface area contributed by atoms with Crippen molar-refractivity contribution in [2.24, 2.45) is 52.1 Å². The summed E-state index contributed by atoms with van der Waals surface area (Å²) in [6.07, 6.45) is 13.2. The Kier molecular flexibility index (Phi) is 8.62. The van der Waals surface area contributed by atoms with Gasteiger partial charge in [0.15, 0.2) is 0 Å². The molecule has 4 aliphatic carbocycles. The summed E-state index contributed by atoms with van der Waals surface area (Å²) in [4.78, 5) is 34.1. The Morgan fingerprint density at radius 2 is 1.62 bits per heavy atom. The molecule has 7 heteroatoms. The SMILES string of the molecule is C[C@H](CCCCC(=O)O)C1CC[C@H]2[C@@H]3CC[C@@H]4C[C@H](OC(=O)[C@@H](N)CC(=O)O)CC[C@]4(C)[C@H]3CC[C@]12C. The van der Waals surface area contributed by atoms with E-state index in [2.05, 4.69) is 20.8 Å². The normalized spacial score (nSPS) is 40.5. The minimum Gasteiger partial charge on any atom is -0.481 e. The van der Waals surface area contributed by atoms with Crippen LogP contribution in [0.4, 0.5) is 0 Å². The first-order valence-corrected chi connectivity index (χ1v) is 14.9. The van der Waals surface area contributed by atoms with E-state index in [0.29, 0.717) is 17.3 Å². The molecule has 0 aromatic carbocycles. The Morgan fingerprint density at radius 1 is 0.919 bits per heavy atom. The number of carbonyl (C=O) groups excluding carboxylic acids is 1. The Morgan fingerprint density at radius 3 is 2.32 bits per heavy atom. The summed E-state index contributed by atoms with van der Waals surface area (Å²) >= 11 is 0. The molecule has 210 valence electrons. The van der Waals surface area contributed by atoms with Crippen molar-refractivity contribution >= 4 is 17.9 Å². The van der Waals surface area contributed by atoms with Crippen molar-refractivity contribution in [3.63, 3.8) is 0 Å². The van der Waals surface area contributed by atoms with Crippen LogP contribution in [0.25, 0.3) is 0 Å². The molecule has 0 heterocycles. The third-order valence-electron chi connectivity index (χ3n) is 11.7. The summed E-state index contributed by atoms with van der Waals surface area (Å²) in [5.74, 6) is 1.93. The molecule has 0 aromatic rings. The largest absolute Gasteiger partial charge is 0.481 e. The van der Waals surface area contributed by atoms with E-state index in [-0.39, 0.29) is 17.9 Å². The number of hydrogen-bond donors (Lipinski definition) is 3. The number of ether oxygens (including phenoxy) is 1. The number of carboxylic acid groups (broad SMARTS) is 2. The molecule has 4 aliphatic rings. The van der Waals surface area contributed by atoms with E-state index in [1.807, 2.05) is 0 Å². The molecule has 0 radical (unpaired) electrons. The van der Waals surface area contributed by atoms with Gasteiger partial charge in [0.1, 0.15) is 12.1 Å². The van der Waals surface area contributed by atoms with Crippen LogP contribution < -0.4 is 5.73 Å². The van der Waals surface area contributed by atoms with Crippen molar-refractivity contribution in [2.45, 2.75) is 123 Å². The standard InChI is InChI=1S/C30H49NO6/c1-18(6-4-5-7-26(32)33)22-10-11-23-21-9-8-19-16-20(37-28(36)25(31)17-27(34)35)12-14-29(19,2)24(21)13-15-30(22,23)3/h18-25H,4-17,31H2,1-3H3,(H,32,33)(H,34,35)/t18-,19-,20-,21+,22?,23+,24+,25+,29+,30-/m1/s1. The summed E-state index contributed by atoms with van der Waals surface area (Å²) in [6, 6.07) is -1.09. The van der Waals surface area contributed by atoms with Crippen molar-refractivity contribution in [1.29, 1.82) is 0 Å². The first kappa shape index (κ1) is 28.4. The van der Waals surface area contributed by atoms with Crippen LogP contribution in [-0.2, 0) is 19.1 Å². The smallest absolute Gasteiger partial charge is 0.323 e. The molecule has 0 bridgehead atoms. The Bertz CT molecular complexity index is 861. The Hall–Kier alpha value is -1.63. The number of carboxylic acids is 2. The van der Waals surface area contributed by atoms with Gasteiger partial charge >= 0.3 is 17.9 Å². The molecule has 0 aliphatic heterocycles. The second kappa shape index (κ2) is 11.2. The molecule has 1 unspecified atom stereocenters. The van der Waals surface area contributed by atoms with Crippen LogP contribution >= 0.6 is 0 Å².